The molecule has 4 rings (SSSR count). The molecule has 0 unspecified atom stereocenters. The van der Waals surface area contributed by atoms with Gasteiger partial charge in [-0.05, 0) is 42.8 Å². The van der Waals surface area contributed by atoms with E-state index < -0.39 is 0 Å². The lowest BCUT2D eigenvalue weighted by atomic mass is 10.0. The minimum atomic E-state index is -0.311. The Morgan fingerprint density at radius 2 is 1.87 bits per heavy atom. The first-order valence-corrected chi connectivity index (χ1v) is 9.89. The van der Waals surface area contributed by atoms with Gasteiger partial charge in [0.05, 0.1) is 12.5 Å². The minimum Gasteiger partial charge on any atom is -0.354 e. The Bertz CT molecular complexity index is 1040. The van der Waals surface area contributed by atoms with Gasteiger partial charge in [0.25, 0.3) is 0 Å². The van der Waals surface area contributed by atoms with Gasteiger partial charge in [0, 0.05) is 36.2 Å². The van der Waals surface area contributed by atoms with Crippen LogP contribution in [0.25, 0.3) is 11.4 Å². The number of aryl methyl sites for hydroxylation is 1. The van der Waals surface area contributed by atoms with E-state index in [1.54, 1.807) is 11.1 Å². The molecule has 0 radical (unpaired) electrons. The molecule has 1 atom stereocenters. The zero-order valence-electron chi connectivity index (χ0n) is 16.7. The van der Waals surface area contributed by atoms with Crippen molar-refractivity contribution in [3.8, 4) is 11.4 Å². The quantitative estimate of drug-likeness (QED) is 0.703. The van der Waals surface area contributed by atoms with Crippen molar-refractivity contribution in [2.24, 2.45) is 0 Å². The Morgan fingerprint density at radius 1 is 1.10 bits per heavy atom. The number of hydrogen-bond acceptors (Lipinski definition) is 4. The Hall–Kier alpha value is -3.74. The molecule has 7 heteroatoms. The maximum atomic E-state index is 13.1. The third kappa shape index (κ3) is 4.46. The summed E-state index contributed by atoms with van der Waals surface area (Å²) in [5, 5.41) is 5.80. The highest BCUT2D eigenvalue weighted by Gasteiger charge is 2.29. The summed E-state index contributed by atoms with van der Waals surface area (Å²) in [6.45, 7) is 2.79. The Morgan fingerprint density at radius 3 is 2.60 bits per heavy atom. The lowest BCUT2D eigenvalue weighted by Gasteiger charge is -2.29. The van der Waals surface area contributed by atoms with Crippen LogP contribution in [-0.2, 0) is 4.79 Å². The fraction of sp³-hybridized carbons (Fsp3) is 0.217. The third-order valence-electron chi connectivity index (χ3n) is 5.06. The van der Waals surface area contributed by atoms with Crippen molar-refractivity contribution in [3.63, 3.8) is 0 Å². The molecule has 2 aromatic carbocycles. The highest BCUT2D eigenvalue weighted by Crippen LogP contribution is 2.27. The van der Waals surface area contributed by atoms with Crippen LogP contribution in [-0.4, -0.2) is 39.9 Å². The zero-order chi connectivity index (χ0) is 20.9. The molecule has 0 saturated carbocycles. The lowest BCUT2D eigenvalue weighted by Crippen LogP contribution is -2.39. The monoisotopic (exact) mass is 401 g/mol. The van der Waals surface area contributed by atoms with Crippen molar-refractivity contribution in [2.45, 2.75) is 19.4 Å². The maximum absolute atomic E-state index is 13.1. The normalized spacial score (nSPS) is 16.5. The van der Waals surface area contributed by atoms with E-state index in [-0.39, 0.29) is 24.4 Å². The highest BCUT2D eigenvalue weighted by molar-refractivity contribution is 5.90. The van der Waals surface area contributed by atoms with Gasteiger partial charge in [-0.1, -0.05) is 30.3 Å². The van der Waals surface area contributed by atoms with Gasteiger partial charge < -0.3 is 15.5 Å². The lowest BCUT2D eigenvalue weighted by molar-refractivity contribution is -0.121. The van der Waals surface area contributed by atoms with Gasteiger partial charge in [-0.3, -0.25) is 4.79 Å². The molecule has 2 N–H and O–H groups in total. The number of anilines is 1. The van der Waals surface area contributed by atoms with Crippen LogP contribution in [0, 0.1) is 6.92 Å². The van der Waals surface area contributed by atoms with Gasteiger partial charge in [-0.25, -0.2) is 14.8 Å². The largest absolute Gasteiger partial charge is 0.354 e. The van der Waals surface area contributed by atoms with Crippen molar-refractivity contribution in [1.29, 1.82) is 0 Å². The van der Waals surface area contributed by atoms with Crippen LogP contribution < -0.4 is 10.6 Å². The zero-order valence-corrected chi connectivity index (χ0v) is 16.7. The van der Waals surface area contributed by atoms with Crippen LogP contribution in [0.1, 0.15) is 23.7 Å². The number of amides is 3. The predicted molar refractivity (Wildman–Crippen MR) is 115 cm³/mol. The van der Waals surface area contributed by atoms with Crippen molar-refractivity contribution in [2.75, 3.05) is 18.4 Å². The van der Waals surface area contributed by atoms with Crippen molar-refractivity contribution < 1.29 is 9.59 Å². The van der Waals surface area contributed by atoms with E-state index in [0.717, 1.165) is 16.8 Å². The average Bonchev–Trinajstić information content (AvgIpc) is 2.96. The van der Waals surface area contributed by atoms with Crippen LogP contribution in [0.4, 0.5) is 10.5 Å². The third-order valence-corrected chi connectivity index (χ3v) is 5.06. The molecule has 1 saturated heterocycles. The molecule has 0 aliphatic carbocycles. The number of nitrogens with zero attached hydrogens (tertiary/aromatic N) is 3. The number of aromatic nitrogens is 2. The van der Waals surface area contributed by atoms with Gasteiger partial charge >= 0.3 is 6.03 Å². The van der Waals surface area contributed by atoms with E-state index in [1.165, 1.54) is 0 Å². The van der Waals surface area contributed by atoms with Crippen molar-refractivity contribution in [3.05, 3.63) is 78.1 Å². The SMILES string of the molecule is Cc1ccnc(-c2ccc(NC(=O)N3CCNC(=O)C[C@@H]3c3ccccc3)cc2)n1. The van der Waals surface area contributed by atoms with Crippen LogP contribution in [0.5, 0.6) is 0 Å². The summed E-state index contributed by atoms with van der Waals surface area (Å²) in [5.74, 6) is 0.593. The first kappa shape index (κ1) is 19.6. The molecular weight excluding hydrogens is 378 g/mol. The number of nitrogens with one attached hydrogen (secondary N) is 2. The number of rotatable bonds is 3. The molecule has 1 aromatic heterocycles. The van der Waals surface area contributed by atoms with E-state index in [9.17, 15) is 9.59 Å². The van der Waals surface area contributed by atoms with E-state index >= 15 is 0 Å². The summed E-state index contributed by atoms with van der Waals surface area (Å²) in [7, 11) is 0. The van der Waals surface area contributed by atoms with Crippen LogP contribution in [0.3, 0.4) is 0 Å². The molecule has 3 aromatic rings. The molecule has 1 fully saturated rings. The second kappa shape index (κ2) is 8.73. The summed E-state index contributed by atoms with van der Waals surface area (Å²) in [6.07, 6.45) is 1.97. The van der Waals surface area contributed by atoms with E-state index in [4.69, 9.17) is 0 Å². The predicted octanol–water partition coefficient (Wildman–Crippen LogP) is 3.55. The van der Waals surface area contributed by atoms with E-state index in [0.29, 0.717) is 24.6 Å². The topological polar surface area (TPSA) is 87.2 Å². The molecule has 152 valence electrons. The molecule has 0 bridgehead atoms. The fourth-order valence-corrected chi connectivity index (χ4v) is 3.53. The number of carbonyl (C=O) groups is 2. The second-order valence-corrected chi connectivity index (χ2v) is 7.20. The van der Waals surface area contributed by atoms with Gasteiger partial charge in [-0.15, -0.1) is 0 Å². The van der Waals surface area contributed by atoms with E-state index in [2.05, 4.69) is 20.6 Å². The molecule has 3 amide bonds. The smallest absolute Gasteiger partial charge is 0.322 e. The maximum Gasteiger partial charge on any atom is 0.322 e. The number of carbonyl (C=O) groups excluding carboxylic acids is 2. The molecule has 0 spiro atoms. The molecule has 1 aliphatic rings. The van der Waals surface area contributed by atoms with Crippen LogP contribution in [0.2, 0.25) is 0 Å². The fourth-order valence-electron chi connectivity index (χ4n) is 3.53. The summed E-state index contributed by atoms with van der Waals surface area (Å²) < 4.78 is 0. The second-order valence-electron chi connectivity index (χ2n) is 7.20. The summed E-state index contributed by atoms with van der Waals surface area (Å²) in [6, 6.07) is 18.4. The minimum absolute atomic E-state index is 0.0540. The van der Waals surface area contributed by atoms with Crippen molar-refractivity contribution >= 4 is 17.6 Å². The summed E-state index contributed by atoms with van der Waals surface area (Å²) >= 11 is 0. The van der Waals surface area contributed by atoms with Gasteiger partial charge in [0.15, 0.2) is 5.82 Å². The van der Waals surface area contributed by atoms with Gasteiger partial charge in [-0.2, -0.15) is 0 Å². The molecule has 7 nitrogen and oxygen atoms in total. The average molecular weight is 401 g/mol. The standard InChI is InChI=1S/C23H23N5O2/c1-16-11-12-25-22(26-16)18-7-9-19(10-8-18)27-23(30)28-14-13-24-21(29)15-20(28)17-5-3-2-4-6-17/h2-12,20H,13-15H2,1H3,(H,24,29)(H,27,30)/t20-/m1/s1. The Labute approximate surface area is 175 Å². The molecule has 2 heterocycles. The van der Waals surface area contributed by atoms with Crippen LogP contribution >= 0.6 is 0 Å². The number of hydrogen-bond donors (Lipinski definition) is 2. The summed E-state index contributed by atoms with van der Waals surface area (Å²) in [4.78, 5) is 35.6. The summed E-state index contributed by atoms with van der Waals surface area (Å²) in [5.41, 5.74) is 3.39. The van der Waals surface area contributed by atoms with Crippen LogP contribution in [0.15, 0.2) is 66.9 Å². The molecule has 30 heavy (non-hydrogen) atoms. The number of benzene rings is 2. The Balaban J connectivity index is 1.52. The van der Waals surface area contributed by atoms with Gasteiger partial charge in [0.1, 0.15) is 0 Å². The first-order chi connectivity index (χ1) is 14.6. The van der Waals surface area contributed by atoms with Crippen molar-refractivity contribution in [1.82, 2.24) is 20.2 Å². The first-order valence-electron chi connectivity index (χ1n) is 9.89. The highest BCUT2D eigenvalue weighted by atomic mass is 16.2. The molecule has 1 aliphatic heterocycles. The number of urea groups is 1. The molecular formula is C23H23N5O2. The van der Waals surface area contributed by atoms with Gasteiger partial charge in [0.2, 0.25) is 5.91 Å². The Kier molecular flexibility index (Phi) is 5.70. The van der Waals surface area contributed by atoms with E-state index in [1.807, 2.05) is 67.6 Å².